The summed E-state index contributed by atoms with van der Waals surface area (Å²) in [6, 6.07) is 14.0. The average Bonchev–Trinajstić information content (AvgIpc) is 2.89. The van der Waals surface area contributed by atoms with Crippen LogP contribution >= 0.6 is 0 Å². The largest absolute Gasteiger partial charge is 0.496 e. The molecule has 190 valence electrons. The molecule has 0 unspecified atom stereocenters. The molecule has 13 heteroatoms. The van der Waals surface area contributed by atoms with Crippen molar-refractivity contribution in [2.45, 2.75) is 9.79 Å². The molecular weight excluding hydrogens is 508 g/mol. The lowest BCUT2D eigenvalue weighted by atomic mass is 10.1. The first kappa shape index (κ1) is 25.4. The zero-order valence-corrected chi connectivity index (χ0v) is 20.9. The Morgan fingerprint density at radius 1 is 0.917 bits per heavy atom. The fourth-order valence-corrected chi connectivity index (χ4v) is 5.59. The summed E-state index contributed by atoms with van der Waals surface area (Å²) in [6.45, 7) is 1.58. The first-order valence-corrected chi connectivity index (χ1v) is 13.8. The van der Waals surface area contributed by atoms with Gasteiger partial charge in [0.15, 0.2) is 0 Å². The maximum absolute atomic E-state index is 13.0. The van der Waals surface area contributed by atoms with Gasteiger partial charge >= 0.3 is 0 Å². The van der Waals surface area contributed by atoms with Crippen molar-refractivity contribution < 1.29 is 31.1 Å². The van der Waals surface area contributed by atoms with E-state index in [1.165, 1.54) is 61.8 Å². The third-order valence-corrected chi connectivity index (χ3v) is 8.08. The van der Waals surface area contributed by atoms with Gasteiger partial charge < -0.3 is 14.4 Å². The highest BCUT2D eigenvalue weighted by Gasteiger charge is 2.25. The molecule has 0 aliphatic carbocycles. The monoisotopic (exact) mass is 532 g/mol. The van der Waals surface area contributed by atoms with Crippen LogP contribution < -0.4 is 14.2 Å². The number of pyridine rings is 1. The van der Waals surface area contributed by atoms with E-state index >= 15 is 0 Å². The van der Waals surface area contributed by atoms with E-state index in [0.717, 1.165) is 0 Å². The van der Waals surface area contributed by atoms with Gasteiger partial charge in [-0.15, -0.1) is 0 Å². The molecule has 11 nitrogen and oxygen atoms in total. The van der Waals surface area contributed by atoms with E-state index in [1.54, 1.807) is 17.0 Å². The molecule has 4 rings (SSSR count). The van der Waals surface area contributed by atoms with Crippen LogP contribution in [0.25, 0.3) is 0 Å². The highest BCUT2D eigenvalue weighted by Crippen LogP contribution is 2.26. The number of sulfonamides is 2. The van der Waals surface area contributed by atoms with Crippen LogP contribution in [0.4, 0.5) is 11.5 Å². The Hall–Kier alpha value is -3.68. The summed E-state index contributed by atoms with van der Waals surface area (Å²) in [4.78, 5) is 18.3. The van der Waals surface area contributed by atoms with Crippen LogP contribution in [-0.2, 0) is 24.8 Å². The number of ether oxygens (including phenoxy) is 2. The number of amides is 1. The van der Waals surface area contributed by atoms with E-state index in [4.69, 9.17) is 9.47 Å². The topological polar surface area (TPSA) is 144 Å². The number of nitrogens with zero attached hydrogens (tertiary/aromatic N) is 2. The number of hydrogen-bond donors (Lipinski definition) is 2. The fraction of sp³-hybridized carbons (Fsp3) is 0.217. The van der Waals surface area contributed by atoms with Gasteiger partial charge in [0.25, 0.3) is 26.0 Å². The van der Waals surface area contributed by atoms with Crippen molar-refractivity contribution in [1.82, 2.24) is 9.88 Å². The highest BCUT2D eigenvalue weighted by atomic mass is 32.2. The summed E-state index contributed by atoms with van der Waals surface area (Å²) in [5.41, 5.74) is 0.257. The molecule has 1 aliphatic rings. The summed E-state index contributed by atoms with van der Waals surface area (Å²) >= 11 is 0. The van der Waals surface area contributed by atoms with E-state index < -0.39 is 20.0 Å². The van der Waals surface area contributed by atoms with E-state index in [1.807, 2.05) is 0 Å². The number of hydrogen-bond acceptors (Lipinski definition) is 8. The fourth-order valence-electron chi connectivity index (χ4n) is 3.49. The van der Waals surface area contributed by atoms with Crippen molar-refractivity contribution in [2.24, 2.45) is 0 Å². The molecule has 0 saturated carbocycles. The number of rotatable bonds is 8. The Morgan fingerprint density at radius 2 is 1.58 bits per heavy atom. The van der Waals surface area contributed by atoms with Crippen LogP contribution in [0.2, 0.25) is 0 Å². The lowest BCUT2D eigenvalue weighted by Gasteiger charge is -2.27. The van der Waals surface area contributed by atoms with Gasteiger partial charge in [0.05, 0.1) is 35.7 Å². The Bertz CT molecular complexity index is 1440. The van der Waals surface area contributed by atoms with Gasteiger partial charge in [-0.1, -0.05) is 6.07 Å². The van der Waals surface area contributed by atoms with Crippen LogP contribution in [0.5, 0.6) is 5.75 Å². The minimum absolute atomic E-state index is 0.0704. The van der Waals surface area contributed by atoms with Crippen LogP contribution in [0.1, 0.15) is 10.4 Å². The third-order valence-electron chi connectivity index (χ3n) is 5.33. The molecule has 1 saturated heterocycles. The molecule has 2 N–H and O–H groups in total. The van der Waals surface area contributed by atoms with Gasteiger partial charge in [0, 0.05) is 25.0 Å². The van der Waals surface area contributed by atoms with E-state index in [0.29, 0.717) is 26.3 Å². The lowest BCUT2D eigenvalue weighted by Crippen LogP contribution is -2.40. The summed E-state index contributed by atoms with van der Waals surface area (Å²) in [5, 5.41) is 0. The molecular formula is C23H24N4O7S2. The van der Waals surface area contributed by atoms with Gasteiger partial charge in [0.1, 0.15) is 11.6 Å². The molecule has 2 aromatic carbocycles. The second-order valence-corrected chi connectivity index (χ2v) is 11.1. The third kappa shape index (κ3) is 5.75. The maximum atomic E-state index is 13.0. The number of aromatic nitrogens is 1. The number of carbonyl (C=O) groups is 1. The number of carbonyl (C=O) groups excluding carboxylic acids is 1. The van der Waals surface area contributed by atoms with Gasteiger partial charge in [-0.2, -0.15) is 0 Å². The quantitative estimate of drug-likeness (QED) is 0.449. The SMILES string of the molecule is COc1ccc(S(=O)(=O)Nc2ccc(S(=O)(=O)Nc3ccccn3)cc2)cc1C(=O)N1CCOCC1. The summed E-state index contributed by atoms with van der Waals surface area (Å²) < 4.78 is 66.5. The summed E-state index contributed by atoms with van der Waals surface area (Å²) in [6.07, 6.45) is 1.45. The van der Waals surface area contributed by atoms with E-state index in [2.05, 4.69) is 14.4 Å². The summed E-state index contributed by atoms with van der Waals surface area (Å²) in [5.74, 6) is 0.0480. The van der Waals surface area contributed by atoms with Crippen molar-refractivity contribution in [3.63, 3.8) is 0 Å². The molecule has 0 spiro atoms. The van der Waals surface area contributed by atoms with Gasteiger partial charge in [-0.25, -0.2) is 21.8 Å². The number of benzene rings is 2. The zero-order chi connectivity index (χ0) is 25.8. The van der Waals surface area contributed by atoms with Gasteiger partial charge in [0.2, 0.25) is 0 Å². The number of anilines is 2. The van der Waals surface area contributed by atoms with E-state index in [9.17, 15) is 21.6 Å². The van der Waals surface area contributed by atoms with Crippen molar-refractivity contribution in [1.29, 1.82) is 0 Å². The normalized spacial score (nSPS) is 14.2. The van der Waals surface area contributed by atoms with Crippen molar-refractivity contribution in [3.05, 3.63) is 72.4 Å². The predicted molar refractivity (Wildman–Crippen MR) is 132 cm³/mol. The number of nitrogens with one attached hydrogen (secondary N) is 2. The molecule has 1 aromatic heterocycles. The van der Waals surface area contributed by atoms with Crippen LogP contribution in [0.3, 0.4) is 0 Å². The molecule has 3 aromatic rings. The standard InChI is InChI=1S/C23H24N4O7S2/c1-33-21-10-9-19(16-20(21)23(28)27-12-14-34-15-13-27)36(31,32)25-17-5-7-18(8-6-17)35(29,30)26-22-4-2-3-11-24-22/h2-11,16,25H,12-15H2,1H3,(H,24,26). The molecule has 1 fully saturated rings. The second-order valence-electron chi connectivity index (χ2n) is 7.72. The maximum Gasteiger partial charge on any atom is 0.263 e. The highest BCUT2D eigenvalue weighted by molar-refractivity contribution is 7.93. The van der Waals surface area contributed by atoms with Crippen molar-refractivity contribution in [2.75, 3.05) is 42.9 Å². The minimum Gasteiger partial charge on any atom is -0.496 e. The smallest absolute Gasteiger partial charge is 0.263 e. The lowest BCUT2D eigenvalue weighted by molar-refractivity contribution is 0.0300. The van der Waals surface area contributed by atoms with Crippen molar-refractivity contribution >= 4 is 37.5 Å². The van der Waals surface area contributed by atoms with Crippen LogP contribution in [0.15, 0.2) is 76.7 Å². The first-order chi connectivity index (χ1) is 17.2. The number of methoxy groups -OCH3 is 1. The first-order valence-electron chi connectivity index (χ1n) is 10.8. The molecule has 1 amide bonds. The van der Waals surface area contributed by atoms with Crippen LogP contribution in [0, 0.1) is 0 Å². The minimum atomic E-state index is -4.10. The Labute approximate surface area is 209 Å². The molecule has 1 aliphatic heterocycles. The molecule has 0 atom stereocenters. The zero-order valence-electron chi connectivity index (χ0n) is 19.2. The van der Waals surface area contributed by atoms with Crippen LogP contribution in [-0.4, -0.2) is 66.0 Å². The number of morpholine rings is 1. The predicted octanol–water partition coefficient (Wildman–Crippen LogP) is 2.16. The Balaban J connectivity index is 1.53. The van der Waals surface area contributed by atoms with E-state index in [-0.39, 0.29) is 38.5 Å². The Morgan fingerprint density at radius 3 is 2.22 bits per heavy atom. The average molecular weight is 533 g/mol. The molecule has 0 radical (unpaired) electrons. The van der Waals surface area contributed by atoms with Gasteiger partial charge in [-0.3, -0.25) is 14.2 Å². The summed E-state index contributed by atoms with van der Waals surface area (Å²) in [7, 11) is -6.61. The van der Waals surface area contributed by atoms with Gasteiger partial charge in [-0.05, 0) is 54.6 Å². The molecule has 0 bridgehead atoms. The van der Waals surface area contributed by atoms with Crippen molar-refractivity contribution in [3.8, 4) is 5.75 Å². The Kier molecular flexibility index (Phi) is 7.43. The molecule has 36 heavy (non-hydrogen) atoms. The molecule has 2 heterocycles. The second kappa shape index (κ2) is 10.5.